The van der Waals surface area contributed by atoms with Crippen molar-refractivity contribution < 1.29 is 28.5 Å². The topological polar surface area (TPSA) is 173 Å². The summed E-state index contributed by atoms with van der Waals surface area (Å²) in [6, 6.07) is 0. The van der Waals surface area contributed by atoms with Gasteiger partial charge in [-0.15, -0.1) is 0 Å². The van der Waals surface area contributed by atoms with Crippen LogP contribution in [0, 0.1) is 79.8 Å². The van der Waals surface area contributed by atoms with Gasteiger partial charge in [0.15, 0.2) is 0 Å². The van der Waals surface area contributed by atoms with Gasteiger partial charge in [-0.2, -0.15) is 0 Å². The first-order chi connectivity index (χ1) is 13.7. The van der Waals surface area contributed by atoms with Crippen LogP contribution in [0.1, 0.15) is 22.3 Å². The molecule has 0 saturated heterocycles. The number of hydrogen-bond acceptors (Lipinski definition) is 8. The molecule has 0 aromatic heterocycles. The molecule has 0 radical (unpaired) electrons. The summed E-state index contributed by atoms with van der Waals surface area (Å²) < 4.78 is 30.2. The van der Waals surface area contributed by atoms with E-state index in [4.69, 9.17) is 0 Å². The summed E-state index contributed by atoms with van der Waals surface area (Å²) >= 11 is 0. The first kappa shape index (κ1) is 22.2. The van der Waals surface area contributed by atoms with Crippen molar-refractivity contribution in [1.82, 2.24) is 0 Å². The van der Waals surface area contributed by atoms with E-state index < -0.39 is 87.5 Å². The van der Waals surface area contributed by atoms with E-state index in [1.807, 2.05) is 0 Å². The van der Waals surface area contributed by atoms with E-state index in [1.165, 1.54) is 0 Å². The molecule has 0 spiro atoms. The Bertz CT molecular complexity index is 1090. The number of benzene rings is 2. The summed E-state index contributed by atoms with van der Waals surface area (Å²) in [5.74, 6) is -3.23. The van der Waals surface area contributed by atoms with E-state index in [9.17, 15) is 40.5 Å². The summed E-state index contributed by atoms with van der Waals surface area (Å²) in [4.78, 5) is 41.1. The monoisotopic (exact) mass is 426 g/mol. The first-order valence-corrected chi connectivity index (χ1v) is 7.98. The summed E-state index contributed by atoms with van der Waals surface area (Å²) in [7, 11) is 0. The van der Waals surface area contributed by atoms with Crippen LogP contribution in [0.2, 0.25) is 0 Å². The van der Waals surface area contributed by atoms with Crippen LogP contribution in [0.15, 0.2) is 0 Å². The van der Waals surface area contributed by atoms with Crippen molar-refractivity contribution in [3.8, 4) is 11.1 Å². The lowest BCUT2D eigenvalue weighted by Crippen LogP contribution is -2.10. The maximum atomic E-state index is 15.1. The molecule has 0 atom stereocenters. The summed E-state index contributed by atoms with van der Waals surface area (Å²) in [6.07, 6.45) is 0. The average Bonchev–Trinajstić information content (AvgIpc) is 2.59. The minimum atomic E-state index is -1.62. The normalized spacial score (nSPS) is 10.7. The lowest BCUT2D eigenvalue weighted by Gasteiger charge is -2.14. The zero-order valence-electron chi connectivity index (χ0n) is 15.8. The van der Waals surface area contributed by atoms with Crippen LogP contribution < -0.4 is 0 Å². The van der Waals surface area contributed by atoms with Crippen molar-refractivity contribution in [2.45, 2.75) is 27.7 Å². The van der Waals surface area contributed by atoms with Gasteiger partial charge in [0.05, 0.1) is 30.8 Å². The van der Waals surface area contributed by atoms with Gasteiger partial charge < -0.3 is 0 Å². The van der Waals surface area contributed by atoms with Gasteiger partial charge in [0, 0.05) is 0 Å². The fraction of sp³-hybridized carbons (Fsp3) is 0.250. The van der Waals surface area contributed by atoms with Crippen LogP contribution in [-0.4, -0.2) is 19.7 Å². The number of rotatable bonds is 5. The zero-order chi connectivity index (χ0) is 23.2. The molecule has 0 heterocycles. The Morgan fingerprint density at radius 3 is 0.933 bits per heavy atom. The fourth-order valence-electron chi connectivity index (χ4n) is 3.41. The molecular formula is C16H12F2N4O8. The molecule has 158 valence electrons. The Labute approximate surface area is 165 Å². The molecule has 14 heteroatoms. The van der Waals surface area contributed by atoms with Crippen LogP contribution in [0.5, 0.6) is 0 Å². The second-order valence-electron chi connectivity index (χ2n) is 6.30. The van der Waals surface area contributed by atoms with Gasteiger partial charge in [-0.25, -0.2) is 8.78 Å². The molecule has 0 aliphatic rings. The second-order valence-corrected chi connectivity index (χ2v) is 6.30. The highest BCUT2D eigenvalue weighted by atomic mass is 19.1. The Kier molecular flexibility index (Phi) is 5.46. The van der Waals surface area contributed by atoms with Gasteiger partial charge in [-0.3, -0.25) is 40.5 Å². The lowest BCUT2D eigenvalue weighted by molar-refractivity contribution is -0.397. The Hall–Kier alpha value is -4.10. The molecular weight excluding hydrogens is 414 g/mol. The third-order valence-electron chi connectivity index (χ3n) is 4.68. The lowest BCUT2D eigenvalue weighted by atomic mass is 9.90. The maximum absolute atomic E-state index is 15.1. The molecule has 0 saturated carbocycles. The van der Waals surface area contributed by atoms with E-state index in [2.05, 4.69) is 0 Å². The molecule has 2 aromatic rings. The van der Waals surface area contributed by atoms with Crippen LogP contribution in [0.25, 0.3) is 11.1 Å². The fourth-order valence-corrected chi connectivity index (χ4v) is 3.41. The number of nitro groups is 4. The van der Waals surface area contributed by atoms with Crippen molar-refractivity contribution in [2.75, 3.05) is 0 Å². The third-order valence-corrected chi connectivity index (χ3v) is 4.68. The minimum absolute atomic E-state index is 0.652. The second kappa shape index (κ2) is 7.38. The molecule has 2 aromatic carbocycles. The number of nitrogens with zero attached hydrogens (tertiary/aromatic N) is 4. The van der Waals surface area contributed by atoms with Crippen LogP contribution >= 0.6 is 0 Å². The molecule has 0 N–H and O–H groups in total. The predicted octanol–water partition coefficient (Wildman–Crippen LogP) is 4.50. The van der Waals surface area contributed by atoms with E-state index in [0.717, 1.165) is 27.7 Å². The molecule has 2 rings (SSSR count). The smallest absolute Gasteiger partial charge is 0.258 e. The van der Waals surface area contributed by atoms with Crippen molar-refractivity contribution in [3.63, 3.8) is 0 Å². The largest absolute Gasteiger partial charge is 0.290 e. The van der Waals surface area contributed by atoms with E-state index >= 15 is 8.78 Å². The summed E-state index contributed by atoms with van der Waals surface area (Å²) in [5, 5.41) is 45.7. The number of nitro benzene ring substituents is 4. The minimum Gasteiger partial charge on any atom is -0.258 e. The predicted molar refractivity (Wildman–Crippen MR) is 97.4 cm³/mol. The van der Waals surface area contributed by atoms with Gasteiger partial charge in [0.25, 0.3) is 22.7 Å². The van der Waals surface area contributed by atoms with E-state index in [-0.39, 0.29) is 0 Å². The van der Waals surface area contributed by atoms with Gasteiger partial charge in [0.2, 0.25) is 0 Å². The average molecular weight is 426 g/mol. The highest BCUT2D eigenvalue weighted by molar-refractivity contribution is 5.88. The van der Waals surface area contributed by atoms with E-state index in [1.54, 1.807) is 0 Å². The highest BCUT2D eigenvalue weighted by Crippen LogP contribution is 2.49. The number of hydrogen-bond donors (Lipinski definition) is 0. The molecule has 30 heavy (non-hydrogen) atoms. The molecule has 0 fully saturated rings. The molecule has 0 aliphatic carbocycles. The van der Waals surface area contributed by atoms with Crippen molar-refractivity contribution >= 4 is 22.7 Å². The Morgan fingerprint density at radius 2 is 0.733 bits per heavy atom. The maximum Gasteiger partial charge on any atom is 0.290 e. The SMILES string of the molecule is Cc1c(F)c(-c2c(F)c(C)c([N+](=O)[O-])c(C)c2[N+](=O)[O-])c([N+](=O)[O-])c(C)c1[N+](=O)[O-]. The molecule has 0 bridgehead atoms. The molecule has 0 amide bonds. The highest BCUT2D eigenvalue weighted by Gasteiger charge is 2.41. The Morgan fingerprint density at radius 1 is 0.500 bits per heavy atom. The summed E-state index contributed by atoms with van der Waals surface area (Å²) in [5.41, 5.74) is -9.48. The quantitative estimate of drug-likeness (QED) is 0.496. The van der Waals surface area contributed by atoms with E-state index in [0.29, 0.717) is 0 Å². The summed E-state index contributed by atoms with van der Waals surface area (Å²) in [6.45, 7) is 3.65. The van der Waals surface area contributed by atoms with Crippen LogP contribution in [-0.2, 0) is 0 Å². The van der Waals surface area contributed by atoms with Crippen molar-refractivity contribution in [1.29, 1.82) is 0 Å². The van der Waals surface area contributed by atoms with Crippen LogP contribution in [0.4, 0.5) is 31.5 Å². The third kappa shape index (κ3) is 3.07. The number of halogens is 2. The van der Waals surface area contributed by atoms with Gasteiger partial charge >= 0.3 is 0 Å². The van der Waals surface area contributed by atoms with Crippen molar-refractivity contribution in [3.05, 3.63) is 74.3 Å². The molecule has 0 unspecified atom stereocenters. The van der Waals surface area contributed by atoms with Crippen LogP contribution in [0.3, 0.4) is 0 Å². The van der Waals surface area contributed by atoms with Crippen molar-refractivity contribution in [2.24, 2.45) is 0 Å². The zero-order valence-corrected chi connectivity index (χ0v) is 15.8. The standard InChI is InChI=1S/C16H12F2N4O8/c1-5-11(17)9(15(21(27)28)7(3)13(5)19(23)24)10-12(18)6(2)14(20(25)26)8(4)16(10)22(29)30/h1-4H3. The van der Waals surface area contributed by atoms with Gasteiger partial charge in [-0.1, -0.05) is 0 Å². The molecule has 12 nitrogen and oxygen atoms in total. The Balaban J connectivity index is 3.29. The molecule has 0 aliphatic heterocycles. The first-order valence-electron chi connectivity index (χ1n) is 7.98. The van der Waals surface area contributed by atoms with Gasteiger partial charge in [-0.05, 0) is 27.7 Å². The van der Waals surface area contributed by atoms with Gasteiger partial charge in [0.1, 0.15) is 33.9 Å².